The minimum absolute atomic E-state index is 0.474. The minimum Gasteiger partial charge on any atom is -0.330 e. The molecule has 1 N–H and O–H groups in total. The van der Waals surface area contributed by atoms with E-state index >= 15 is 0 Å². The van der Waals surface area contributed by atoms with Crippen molar-refractivity contribution in [3.05, 3.63) is 36.6 Å². The van der Waals surface area contributed by atoms with E-state index in [2.05, 4.69) is 42.2 Å². The molecule has 1 aromatic carbocycles. The summed E-state index contributed by atoms with van der Waals surface area (Å²) in [5.41, 5.74) is 0.733. The van der Waals surface area contributed by atoms with Crippen LogP contribution in [0.3, 0.4) is 0 Å². The highest BCUT2D eigenvalue weighted by Gasteiger charge is 2.09. The summed E-state index contributed by atoms with van der Waals surface area (Å²) in [5, 5.41) is 6.71. The van der Waals surface area contributed by atoms with Crippen molar-refractivity contribution in [3.63, 3.8) is 0 Å². The third-order valence-corrected chi connectivity index (χ3v) is 4.99. The summed E-state index contributed by atoms with van der Waals surface area (Å²) in [4.78, 5) is 4.21. The summed E-state index contributed by atoms with van der Waals surface area (Å²) >= 11 is 20.2. The smallest absolute Gasteiger partial charge is 0.188 e. The van der Waals surface area contributed by atoms with E-state index in [0.29, 0.717) is 10.0 Å². The molecule has 7 heteroatoms. The Morgan fingerprint density at radius 3 is 2.56 bits per heavy atom. The first-order valence-corrected chi connectivity index (χ1v) is 7.31. The van der Waals surface area contributed by atoms with Crippen LogP contribution >= 0.6 is 66.4 Å². The van der Waals surface area contributed by atoms with Crippen molar-refractivity contribution >= 4 is 77.2 Å². The number of benzene rings is 1. The molecule has 0 radical (unpaired) electrons. The normalized spacial score (nSPS) is 10.5. The molecule has 0 aliphatic carbocycles. The number of rotatable bonds is 2. The highest BCUT2D eigenvalue weighted by atomic mass is 79.9. The molecule has 0 atom stereocenters. The van der Waals surface area contributed by atoms with Gasteiger partial charge in [-0.05, 0) is 44.0 Å². The second-order valence-electron chi connectivity index (χ2n) is 2.82. The van der Waals surface area contributed by atoms with Crippen molar-refractivity contribution in [2.24, 2.45) is 0 Å². The van der Waals surface area contributed by atoms with Crippen LogP contribution < -0.4 is 5.32 Å². The van der Waals surface area contributed by atoms with Gasteiger partial charge in [-0.2, -0.15) is 0 Å². The molecule has 84 valence electrons. The summed E-state index contributed by atoms with van der Waals surface area (Å²) in [6.07, 6.45) is 0. The van der Waals surface area contributed by atoms with Crippen molar-refractivity contribution in [3.8, 4) is 0 Å². The van der Waals surface area contributed by atoms with Crippen LogP contribution in [0.4, 0.5) is 10.8 Å². The fourth-order valence-corrected chi connectivity index (χ4v) is 3.03. The van der Waals surface area contributed by atoms with E-state index in [1.54, 1.807) is 0 Å². The van der Waals surface area contributed by atoms with Crippen molar-refractivity contribution in [2.75, 3.05) is 5.32 Å². The standard InChI is InChI=1S/C9H4Br2Cl2N2S/c10-4-1-2-5(8(13)7(4)12)14-9-15-6(11)3-16-9/h1-3H,(H,14,15). The minimum atomic E-state index is 0.474. The lowest BCUT2D eigenvalue weighted by Crippen LogP contribution is -1.91. The molecule has 1 aromatic heterocycles. The van der Waals surface area contributed by atoms with E-state index in [1.165, 1.54) is 11.3 Å². The molecular formula is C9H4Br2Cl2N2S. The zero-order valence-corrected chi connectivity index (χ0v) is 13.1. The zero-order valence-electron chi connectivity index (χ0n) is 7.60. The van der Waals surface area contributed by atoms with Crippen molar-refractivity contribution in [1.82, 2.24) is 4.98 Å². The maximum atomic E-state index is 6.10. The van der Waals surface area contributed by atoms with Gasteiger partial charge in [-0.15, -0.1) is 11.3 Å². The lowest BCUT2D eigenvalue weighted by Gasteiger charge is -2.07. The molecule has 1 heterocycles. The predicted molar refractivity (Wildman–Crippen MR) is 77.3 cm³/mol. The lowest BCUT2D eigenvalue weighted by molar-refractivity contribution is 1.34. The fraction of sp³-hybridized carbons (Fsp3) is 0. The maximum Gasteiger partial charge on any atom is 0.188 e. The molecule has 0 fully saturated rings. The van der Waals surface area contributed by atoms with E-state index < -0.39 is 0 Å². The second-order valence-corrected chi connectivity index (χ2v) is 6.10. The summed E-state index contributed by atoms with van der Waals surface area (Å²) in [7, 11) is 0. The third kappa shape index (κ3) is 2.71. The van der Waals surface area contributed by atoms with Gasteiger partial charge < -0.3 is 5.32 Å². The molecule has 0 aliphatic heterocycles. The molecule has 2 nitrogen and oxygen atoms in total. The molecule has 2 rings (SSSR count). The van der Waals surface area contributed by atoms with Crippen LogP contribution in [-0.4, -0.2) is 4.98 Å². The topological polar surface area (TPSA) is 24.9 Å². The number of nitrogens with one attached hydrogen (secondary N) is 1. The van der Waals surface area contributed by atoms with Gasteiger partial charge in [-0.1, -0.05) is 23.2 Å². The number of anilines is 2. The Kier molecular flexibility index (Phi) is 4.13. The van der Waals surface area contributed by atoms with Crippen LogP contribution in [-0.2, 0) is 0 Å². The first-order chi connectivity index (χ1) is 7.58. The van der Waals surface area contributed by atoms with Crippen LogP contribution in [0.15, 0.2) is 26.6 Å². The van der Waals surface area contributed by atoms with E-state index in [1.807, 2.05) is 17.5 Å². The summed E-state index contributed by atoms with van der Waals surface area (Å²) in [6, 6.07) is 3.67. The molecule has 0 aliphatic rings. The number of thiazole rings is 1. The van der Waals surface area contributed by atoms with Gasteiger partial charge in [0.05, 0.1) is 15.7 Å². The average Bonchev–Trinajstić information content (AvgIpc) is 2.65. The molecule has 2 aromatic rings. The Morgan fingerprint density at radius 1 is 1.19 bits per heavy atom. The molecule has 16 heavy (non-hydrogen) atoms. The van der Waals surface area contributed by atoms with Crippen molar-refractivity contribution in [1.29, 1.82) is 0 Å². The molecule has 0 saturated heterocycles. The maximum absolute atomic E-state index is 6.10. The molecule has 0 spiro atoms. The quantitative estimate of drug-likeness (QED) is 0.650. The van der Waals surface area contributed by atoms with Crippen LogP contribution in [0.25, 0.3) is 0 Å². The number of halogens is 4. The van der Waals surface area contributed by atoms with E-state index in [0.717, 1.165) is 19.9 Å². The van der Waals surface area contributed by atoms with Gasteiger partial charge in [-0.25, -0.2) is 4.98 Å². The van der Waals surface area contributed by atoms with Gasteiger partial charge in [0.2, 0.25) is 0 Å². The van der Waals surface area contributed by atoms with Crippen LogP contribution in [0.2, 0.25) is 10.0 Å². The van der Waals surface area contributed by atoms with Crippen molar-refractivity contribution in [2.45, 2.75) is 0 Å². The zero-order chi connectivity index (χ0) is 11.7. The highest BCUT2D eigenvalue weighted by molar-refractivity contribution is 9.10. The Morgan fingerprint density at radius 2 is 1.94 bits per heavy atom. The Balaban J connectivity index is 2.32. The third-order valence-electron chi connectivity index (χ3n) is 1.75. The second kappa shape index (κ2) is 5.23. The van der Waals surface area contributed by atoms with E-state index in [4.69, 9.17) is 23.2 Å². The molecule has 0 amide bonds. The summed E-state index contributed by atoms with van der Waals surface area (Å²) < 4.78 is 1.56. The predicted octanol–water partition coefficient (Wildman–Crippen LogP) is 5.72. The lowest BCUT2D eigenvalue weighted by atomic mass is 10.3. The van der Waals surface area contributed by atoms with Crippen LogP contribution in [0.1, 0.15) is 0 Å². The van der Waals surface area contributed by atoms with Gasteiger partial charge >= 0.3 is 0 Å². The van der Waals surface area contributed by atoms with E-state index in [-0.39, 0.29) is 0 Å². The summed E-state index contributed by atoms with van der Waals surface area (Å²) in [5.74, 6) is 0. The van der Waals surface area contributed by atoms with Gasteiger partial charge in [0, 0.05) is 9.85 Å². The monoisotopic (exact) mass is 400 g/mol. The van der Waals surface area contributed by atoms with Gasteiger partial charge in [0.15, 0.2) is 5.13 Å². The SMILES string of the molecule is Clc1c(Br)ccc(Nc2nc(Br)cs2)c1Cl. The van der Waals surface area contributed by atoms with Gasteiger partial charge in [0.25, 0.3) is 0 Å². The van der Waals surface area contributed by atoms with Gasteiger partial charge in [0.1, 0.15) is 4.60 Å². The van der Waals surface area contributed by atoms with Crippen molar-refractivity contribution < 1.29 is 0 Å². The average molecular weight is 403 g/mol. The highest BCUT2D eigenvalue weighted by Crippen LogP contribution is 2.37. The number of hydrogen-bond donors (Lipinski definition) is 1. The van der Waals surface area contributed by atoms with Crippen LogP contribution in [0.5, 0.6) is 0 Å². The molecule has 0 bridgehead atoms. The molecular weight excluding hydrogens is 399 g/mol. The molecule has 0 saturated carbocycles. The number of aromatic nitrogens is 1. The Hall–Kier alpha value is 0.190. The first kappa shape index (κ1) is 12.6. The van der Waals surface area contributed by atoms with Crippen LogP contribution in [0, 0.1) is 0 Å². The Bertz CT molecular complexity index is 530. The van der Waals surface area contributed by atoms with E-state index in [9.17, 15) is 0 Å². The number of hydrogen-bond acceptors (Lipinski definition) is 3. The summed E-state index contributed by atoms with van der Waals surface area (Å²) in [6.45, 7) is 0. The number of nitrogens with zero attached hydrogens (tertiary/aromatic N) is 1. The first-order valence-electron chi connectivity index (χ1n) is 4.09. The Labute approximate surface area is 123 Å². The molecule has 0 unspecified atom stereocenters. The largest absolute Gasteiger partial charge is 0.330 e. The fourth-order valence-electron chi connectivity index (χ4n) is 1.05. The van der Waals surface area contributed by atoms with Gasteiger partial charge in [-0.3, -0.25) is 0 Å².